The highest BCUT2D eigenvalue weighted by Gasteiger charge is 2.22. The number of aliphatic hydroxyl groups is 1. The summed E-state index contributed by atoms with van der Waals surface area (Å²) in [5.74, 6) is -0.550. The molecule has 0 saturated heterocycles. The van der Waals surface area contributed by atoms with Crippen LogP contribution in [0.2, 0.25) is 0 Å². The molecule has 2 aromatic heterocycles. The Balaban J connectivity index is 2.17. The number of hydrogen-bond donors (Lipinski definition) is 3. The lowest BCUT2D eigenvalue weighted by molar-refractivity contribution is 0.195. The highest BCUT2D eigenvalue weighted by atomic mass is 32.2. The predicted octanol–water partition coefficient (Wildman–Crippen LogP) is 2.88. The smallest absolute Gasteiger partial charge is 0.404 e. The number of carboxylic acid groups (broad SMARTS) is 1. The molecule has 0 aliphatic rings. The topological polar surface area (TPSA) is 125 Å². The van der Waals surface area contributed by atoms with Crippen LogP contribution in [0.25, 0.3) is 22.2 Å². The SMILES string of the molecule is Cc1c(-c2cccc(S(=O)(=O)N(C)C)c2)c2nc(CO)ccc2n1C/C(F)=C/CNC(=O)O. The average Bonchev–Trinajstić information content (AvgIpc) is 3.03. The summed E-state index contributed by atoms with van der Waals surface area (Å²) in [6.07, 6.45) is -0.115. The largest absolute Gasteiger partial charge is 0.465 e. The van der Waals surface area contributed by atoms with Crippen LogP contribution in [-0.2, 0) is 23.2 Å². The van der Waals surface area contributed by atoms with Gasteiger partial charge in [0.2, 0.25) is 10.0 Å². The highest BCUT2D eigenvalue weighted by Crippen LogP contribution is 2.35. The molecule has 0 fully saturated rings. The van der Waals surface area contributed by atoms with Crippen LogP contribution in [-0.4, -0.2) is 59.2 Å². The highest BCUT2D eigenvalue weighted by molar-refractivity contribution is 7.89. The monoisotopic (exact) mass is 476 g/mol. The average molecular weight is 477 g/mol. The van der Waals surface area contributed by atoms with Crippen molar-refractivity contribution < 1.29 is 27.8 Å². The maximum atomic E-state index is 14.6. The van der Waals surface area contributed by atoms with Gasteiger partial charge in [-0.3, -0.25) is 0 Å². The number of sulfonamides is 1. The number of carbonyl (C=O) groups is 1. The second-order valence-electron chi connectivity index (χ2n) is 7.53. The van der Waals surface area contributed by atoms with Gasteiger partial charge in [-0.2, -0.15) is 0 Å². The number of fused-ring (bicyclic) bond motifs is 1. The van der Waals surface area contributed by atoms with Crippen LogP contribution in [0.15, 0.2) is 53.2 Å². The molecule has 2 heterocycles. The quantitative estimate of drug-likeness (QED) is 0.459. The van der Waals surface area contributed by atoms with Gasteiger partial charge in [0.05, 0.1) is 34.8 Å². The molecule has 3 N–H and O–H groups in total. The second kappa shape index (κ2) is 9.69. The first kappa shape index (κ1) is 24.4. The lowest BCUT2D eigenvalue weighted by Crippen LogP contribution is -2.22. The van der Waals surface area contributed by atoms with Crippen LogP contribution in [0.3, 0.4) is 0 Å². The lowest BCUT2D eigenvalue weighted by Gasteiger charge is -2.12. The van der Waals surface area contributed by atoms with Crippen molar-refractivity contribution in [3.05, 3.63) is 59.7 Å². The third-order valence-electron chi connectivity index (χ3n) is 5.18. The second-order valence-corrected chi connectivity index (χ2v) is 9.68. The number of allylic oxidation sites excluding steroid dienone is 1. The van der Waals surface area contributed by atoms with E-state index in [1.54, 1.807) is 35.8 Å². The number of nitrogens with one attached hydrogen (secondary N) is 1. The minimum absolute atomic E-state index is 0.106. The molecule has 0 saturated carbocycles. The molecular formula is C22H25FN4O5S. The van der Waals surface area contributed by atoms with Crippen molar-refractivity contribution in [2.45, 2.75) is 25.0 Å². The van der Waals surface area contributed by atoms with E-state index in [0.29, 0.717) is 33.5 Å². The normalized spacial score (nSPS) is 12.5. The fourth-order valence-electron chi connectivity index (χ4n) is 3.51. The van der Waals surface area contributed by atoms with E-state index in [-0.39, 0.29) is 24.6 Å². The van der Waals surface area contributed by atoms with Gasteiger partial charge in [-0.05, 0) is 42.8 Å². The van der Waals surface area contributed by atoms with Gasteiger partial charge >= 0.3 is 6.09 Å². The molecule has 0 atom stereocenters. The Morgan fingerprint density at radius 3 is 2.64 bits per heavy atom. The maximum absolute atomic E-state index is 14.6. The van der Waals surface area contributed by atoms with Crippen molar-refractivity contribution >= 4 is 27.1 Å². The van der Waals surface area contributed by atoms with Crippen molar-refractivity contribution in [2.75, 3.05) is 20.6 Å². The first-order valence-corrected chi connectivity index (χ1v) is 11.4. The summed E-state index contributed by atoms with van der Waals surface area (Å²) in [7, 11) is -0.780. The fourth-order valence-corrected chi connectivity index (χ4v) is 4.45. The number of halogens is 1. The Kier molecular flexibility index (Phi) is 7.15. The van der Waals surface area contributed by atoms with Gasteiger partial charge in [0.25, 0.3) is 0 Å². The summed E-state index contributed by atoms with van der Waals surface area (Å²) < 4.78 is 42.6. The summed E-state index contributed by atoms with van der Waals surface area (Å²) in [5.41, 5.74) is 3.35. The zero-order chi connectivity index (χ0) is 24.3. The van der Waals surface area contributed by atoms with E-state index in [4.69, 9.17) is 5.11 Å². The molecule has 1 amide bonds. The number of aromatic nitrogens is 2. The Morgan fingerprint density at radius 2 is 2.00 bits per heavy atom. The Hall–Kier alpha value is -3.28. The standard InChI is InChI=1S/C22H25FN4O5S/c1-14-20(15-5-4-6-18(11-15)33(31,32)26(2)3)21-19(8-7-17(13-28)25-21)27(14)12-16(23)9-10-24-22(29)30/h4-9,11,24,28H,10,12-13H2,1-3H3,(H,29,30)/b16-9-. The van der Waals surface area contributed by atoms with Crippen LogP contribution in [0, 0.1) is 6.92 Å². The first-order valence-electron chi connectivity index (χ1n) is 10.00. The fraction of sp³-hybridized carbons (Fsp3) is 0.273. The summed E-state index contributed by atoms with van der Waals surface area (Å²) >= 11 is 0. The summed E-state index contributed by atoms with van der Waals surface area (Å²) in [6, 6.07) is 9.75. The number of rotatable bonds is 8. The summed E-state index contributed by atoms with van der Waals surface area (Å²) in [5, 5.41) is 20.3. The van der Waals surface area contributed by atoms with Crippen LogP contribution in [0.1, 0.15) is 11.4 Å². The van der Waals surface area contributed by atoms with Crippen molar-refractivity contribution in [1.29, 1.82) is 0 Å². The number of hydrogen-bond acceptors (Lipinski definition) is 5. The van der Waals surface area contributed by atoms with E-state index < -0.39 is 21.9 Å². The van der Waals surface area contributed by atoms with Gasteiger partial charge in [0.1, 0.15) is 5.83 Å². The molecule has 0 aliphatic heterocycles. The predicted molar refractivity (Wildman–Crippen MR) is 122 cm³/mol. The van der Waals surface area contributed by atoms with Gasteiger partial charge in [0.15, 0.2) is 0 Å². The Bertz CT molecular complexity index is 1330. The number of nitrogens with zero attached hydrogens (tertiary/aromatic N) is 3. The van der Waals surface area contributed by atoms with Gasteiger partial charge in [0, 0.05) is 31.9 Å². The van der Waals surface area contributed by atoms with Gasteiger partial charge in [-0.25, -0.2) is 26.9 Å². The Morgan fingerprint density at radius 1 is 1.27 bits per heavy atom. The minimum atomic E-state index is -3.67. The molecule has 0 spiro atoms. The molecule has 3 rings (SSSR count). The number of aliphatic hydroxyl groups excluding tert-OH is 1. The van der Waals surface area contributed by atoms with Crippen molar-refractivity contribution in [1.82, 2.24) is 19.2 Å². The molecule has 1 aromatic carbocycles. The number of pyridine rings is 1. The lowest BCUT2D eigenvalue weighted by atomic mass is 10.1. The molecule has 9 nitrogen and oxygen atoms in total. The van der Waals surface area contributed by atoms with E-state index in [2.05, 4.69) is 10.3 Å². The minimum Gasteiger partial charge on any atom is -0.465 e. The summed E-state index contributed by atoms with van der Waals surface area (Å²) in [4.78, 5) is 15.2. The van der Waals surface area contributed by atoms with E-state index in [1.165, 1.54) is 26.2 Å². The summed E-state index contributed by atoms with van der Waals surface area (Å²) in [6.45, 7) is 1.14. The van der Waals surface area contributed by atoms with Gasteiger partial charge < -0.3 is 20.1 Å². The van der Waals surface area contributed by atoms with Crippen LogP contribution in [0.5, 0.6) is 0 Å². The molecule has 11 heteroatoms. The van der Waals surface area contributed by atoms with Crippen LogP contribution >= 0.6 is 0 Å². The molecule has 3 aromatic rings. The molecular weight excluding hydrogens is 451 g/mol. The van der Waals surface area contributed by atoms with E-state index in [1.807, 2.05) is 0 Å². The third-order valence-corrected chi connectivity index (χ3v) is 6.99. The number of benzene rings is 1. The number of amides is 1. The zero-order valence-corrected chi connectivity index (χ0v) is 19.2. The molecule has 33 heavy (non-hydrogen) atoms. The van der Waals surface area contributed by atoms with Crippen molar-refractivity contribution in [3.63, 3.8) is 0 Å². The molecule has 0 bridgehead atoms. The molecule has 0 unspecified atom stereocenters. The van der Waals surface area contributed by atoms with Crippen molar-refractivity contribution in [3.8, 4) is 11.1 Å². The van der Waals surface area contributed by atoms with E-state index in [9.17, 15) is 22.7 Å². The first-order chi connectivity index (χ1) is 15.6. The maximum Gasteiger partial charge on any atom is 0.404 e. The Labute approximate surface area is 190 Å². The van der Waals surface area contributed by atoms with Crippen molar-refractivity contribution in [2.24, 2.45) is 0 Å². The van der Waals surface area contributed by atoms with Crippen LogP contribution in [0.4, 0.5) is 9.18 Å². The molecule has 176 valence electrons. The zero-order valence-electron chi connectivity index (χ0n) is 18.4. The molecule has 0 radical (unpaired) electrons. The van der Waals surface area contributed by atoms with E-state index >= 15 is 0 Å². The van der Waals surface area contributed by atoms with Gasteiger partial charge in [-0.1, -0.05) is 12.1 Å². The van der Waals surface area contributed by atoms with Crippen LogP contribution < -0.4 is 5.32 Å². The van der Waals surface area contributed by atoms with E-state index in [0.717, 1.165) is 10.4 Å². The third kappa shape index (κ3) is 5.05. The van der Waals surface area contributed by atoms with Gasteiger partial charge in [-0.15, -0.1) is 0 Å². The molecule has 0 aliphatic carbocycles.